The second kappa shape index (κ2) is 9.31. The highest BCUT2D eigenvalue weighted by molar-refractivity contribution is 7.99. The normalized spacial score (nSPS) is 18.9. The van der Waals surface area contributed by atoms with Crippen molar-refractivity contribution < 1.29 is 9.59 Å². The standard InChI is InChI=1S/C17H24N4O2S.ClH/c1-2-18-17(23)21-7-5-12-3-4-13(9-15(12)21)20-16(22)10-14-11-24-8-6-19-14;/h3-4,9,14,19H,2,5-8,10-11H2,1H3,(H,18,23)(H,20,22);1H. The third-order valence-corrected chi connectivity index (χ3v) is 5.40. The number of hydrogen-bond donors (Lipinski definition) is 3. The molecule has 1 aromatic carbocycles. The molecule has 2 aliphatic heterocycles. The molecule has 6 nitrogen and oxygen atoms in total. The molecular weight excluding hydrogens is 360 g/mol. The van der Waals surface area contributed by atoms with Gasteiger partial charge in [0.25, 0.3) is 0 Å². The molecule has 1 fully saturated rings. The summed E-state index contributed by atoms with van der Waals surface area (Å²) >= 11 is 1.88. The molecule has 0 spiro atoms. The summed E-state index contributed by atoms with van der Waals surface area (Å²) in [5.41, 5.74) is 2.79. The fourth-order valence-electron chi connectivity index (χ4n) is 3.10. The van der Waals surface area contributed by atoms with E-state index in [2.05, 4.69) is 16.0 Å². The number of rotatable bonds is 4. The average Bonchev–Trinajstić information content (AvgIpc) is 2.99. The van der Waals surface area contributed by atoms with E-state index in [-0.39, 0.29) is 30.4 Å². The summed E-state index contributed by atoms with van der Waals surface area (Å²) in [7, 11) is 0. The molecule has 1 aromatic rings. The first-order valence-corrected chi connectivity index (χ1v) is 9.62. The molecule has 0 radical (unpaired) electrons. The van der Waals surface area contributed by atoms with Gasteiger partial charge in [-0.2, -0.15) is 11.8 Å². The van der Waals surface area contributed by atoms with E-state index in [9.17, 15) is 9.59 Å². The predicted molar refractivity (Wildman–Crippen MR) is 106 cm³/mol. The van der Waals surface area contributed by atoms with Crippen LogP contribution in [-0.2, 0) is 11.2 Å². The highest BCUT2D eigenvalue weighted by Crippen LogP contribution is 2.31. The van der Waals surface area contributed by atoms with Gasteiger partial charge in [0, 0.05) is 49.3 Å². The number of nitrogens with one attached hydrogen (secondary N) is 3. The van der Waals surface area contributed by atoms with Crippen LogP contribution in [0.4, 0.5) is 16.2 Å². The summed E-state index contributed by atoms with van der Waals surface area (Å²) in [6.07, 6.45) is 1.33. The van der Waals surface area contributed by atoms with Crippen LogP contribution >= 0.6 is 24.2 Å². The molecule has 25 heavy (non-hydrogen) atoms. The Balaban J connectivity index is 0.00000225. The van der Waals surface area contributed by atoms with Gasteiger partial charge in [0.05, 0.1) is 5.69 Å². The summed E-state index contributed by atoms with van der Waals surface area (Å²) in [5, 5.41) is 9.17. The van der Waals surface area contributed by atoms with E-state index in [1.165, 1.54) is 0 Å². The Labute approximate surface area is 158 Å². The van der Waals surface area contributed by atoms with E-state index < -0.39 is 0 Å². The van der Waals surface area contributed by atoms with Crippen LogP contribution in [-0.4, -0.2) is 49.1 Å². The van der Waals surface area contributed by atoms with E-state index >= 15 is 0 Å². The number of urea groups is 1. The monoisotopic (exact) mass is 384 g/mol. The van der Waals surface area contributed by atoms with Gasteiger partial charge in [-0.05, 0) is 31.0 Å². The number of hydrogen-bond acceptors (Lipinski definition) is 4. The number of halogens is 1. The second-order valence-corrected chi connectivity index (χ2v) is 7.21. The lowest BCUT2D eigenvalue weighted by atomic mass is 10.1. The van der Waals surface area contributed by atoms with Crippen LogP contribution in [0.1, 0.15) is 18.9 Å². The quantitative estimate of drug-likeness (QED) is 0.744. The van der Waals surface area contributed by atoms with Crippen LogP contribution in [0, 0.1) is 0 Å². The van der Waals surface area contributed by atoms with Crippen molar-refractivity contribution in [3.8, 4) is 0 Å². The molecule has 1 saturated heterocycles. The van der Waals surface area contributed by atoms with Crippen molar-refractivity contribution in [3.05, 3.63) is 23.8 Å². The zero-order valence-corrected chi connectivity index (χ0v) is 16.0. The van der Waals surface area contributed by atoms with Gasteiger partial charge in [-0.25, -0.2) is 4.79 Å². The Morgan fingerprint density at radius 3 is 2.96 bits per heavy atom. The number of fused-ring (bicyclic) bond motifs is 1. The summed E-state index contributed by atoms with van der Waals surface area (Å²) in [6, 6.07) is 5.98. The van der Waals surface area contributed by atoms with Gasteiger partial charge in [-0.1, -0.05) is 6.07 Å². The first kappa shape index (κ1) is 19.9. The van der Waals surface area contributed by atoms with Gasteiger partial charge in [0.1, 0.15) is 0 Å². The van der Waals surface area contributed by atoms with Gasteiger partial charge in [-0.3, -0.25) is 9.69 Å². The molecule has 0 aliphatic carbocycles. The maximum atomic E-state index is 12.2. The minimum absolute atomic E-state index is 0. The molecule has 1 atom stereocenters. The minimum Gasteiger partial charge on any atom is -0.338 e. The zero-order valence-electron chi connectivity index (χ0n) is 14.3. The fourth-order valence-corrected chi connectivity index (χ4v) is 4.05. The van der Waals surface area contributed by atoms with E-state index in [0.29, 0.717) is 19.5 Å². The van der Waals surface area contributed by atoms with Crippen molar-refractivity contribution in [3.63, 3.8) is 0 Å². The van der Waals surface area contributed by atoms with Crippen LogP contribution in [0.3, 0.4) is 0 Å². The Morgan fingerprint density at radius 1 is 1.40 bits per heavy atom. The van der Waals surface area contributed by atoms with Gasteiger partial charge < -0.3 is 16.0 Å². The second-order valence-electron chi connectivity index (χ2n) is 6.06. The lowest BCUT2D eigenvalue weighted by Crippen LogP contribution is -2.40. The van der Waals surface area contributed by atoms with Crippen molar-refractivity contribution in [2.45, 2.75) is 25.8 Å². The van der Waals surface area contributed by atoms with E-state index in [1.807, 2.05) is 36.9 Å². The number of anilines is 2. The summed E-state index contributed by atoms with van der Waals surface area (Å²) in [5.74, 6) is 2.10. The maximum Gasteiger partial charge on any atom is 0.321 e. The van der Waals surface area contributed by atoms with E-state index in [4.69, 9.17) is 0 Å². The molecule has 138 valence electrons. The SMILES string of the molecule is CCNC(=O)N1CCc2ccc(NC(=O)CC3CSCCN3)cc21.Cl. The van der Waals surface area contributed by atoms with Crippen molar-refractivity contribution >= 4 is 47.5 Å². The van der Waals surface area contributed by atoms with Gasteiger partial charge in [-0.15, -0.1) is 12.4 Å². The molecule has 1 unspecified atom stereocenters. The first-order valence-electron chi connectivity index (χ1n) is 8.46. The number of amides is 3. The van der Waals surface area contributed by atoms with Crippen LogP contribution in [0.25, 0.3) is 0 Å². The Morgan fingerprint density at radius 2 is 2.24 bits per heavy atom. The first-order chi connectivity index (χ1) is 11.7. The highest BCUT2D eigenvalue weighted by atomic mass is 35.5. The van der Waals surface area contributed by atoms with Crippen LogP contribution < -0.4 is 20.9 Å². The third-order valence-electron chi connectivity index (χ3n) is 4.27. The van der Waals surface area contributed by atoms with Crippen molar-refractivity contribution in [2.75, 3.05) is 41.4 Å². The molecule has 0 bridgehead atoms. The van der Waals surface area contributed by atoms with Crippen molar-refractivity contribution in [1.29, 1.82) is 0 Å². The molecule has 3 rings (SSSR count). The highest BCUT2D eigenvalue weighted by Gasteiger charge is 2.25. The van der Waals surface area contributed by atoms with Gasteiger partial charge in [0.2, 0.25) is 5.91 Å². The van der Waals surface area contributed by atoms with Crippen LogP contribution in [0.15, 0.2) is 18.2 Å². The van der Waals surface area contributed by atoms with Gasteiger partial charge >= 0.3 is 6.03 Å². The summed E-state index contributed by atoms with van der Waals surface area (Å²) in [6.45, 7) is 4.15. The minimum atomic E-state index is -0.0804. The number of thioether (sulfide) groups is 1. The smallest absolute Gasteiger partial charge is 0.321 e. The molecule has 8 heteroatoms. The predicted octanol–water partition coefficient (Wildman–Crippen LogP) is 2.23. The summed E-state index contributed by atoms with van der Waals surface area (Å²) in [4.78, 5) is 26.1. The van der Waals surface area contributed by atoms with Crippen LogP contribution in [0.2, 0.25) is 0 Å². The molecular formula is C17H25ClN4O2S. The maximum absolute atomic E-state index is 12.2. The Kier molecular flexibility index (Phi) is 7.40. The van der Waals surface area contributed by atoms with E-state index in [0.717, 1.165) is 41.4 Å². The number of nitrogens with zero attached hydrogens (tertiary/aromatic N) is 1. The van der Waals surface area contributed by atoms with Crippen LogP contribution in [0.5, 0.6) is 0 Å². The summed E-state index contributed by atoms with van der Waals surface area (Å²) < 4.78 is 0. The van der Waals surface area contributed by atoms with Crippen molar-refractivity contribution in [1.82, 2.24) is 10.6 Å². The lowest BCUT2D eigenvalue weighted by Gasteiger charge is -2.22. The Hall–Kier alpha value is -1.44. The fraction of sp³-hybridized carbons (Fsp3) is 0.529. The average molecular weight is 385 g/mol. The molecule has 3 amide bonds. The van der Waals surface area contributed by atoms with Crippen molar-refractivity contribution in [2.24, 2.45) is 0 Å². The number of benzene rings is 1. The third kappa shape index (κ3) is 5.03. The molecule has 3 N–H and O–H groups in total. The largest absolute Gasteiger partial charge is 0.338 e. The molecule has 0 saturated carbocycles. The Bertz CT molecular complexity index is 623. The van der Waals surface area contributed by atoms with E-state index in [1.54, 1.807) is 4.90 Å². The molecule has 0 aromatic heterocycles. The zero-order chi connectivity index (χ0) is 16.9. The number of carbonyl (C=O) groups is 2. The lowest BCUT2D eigenvalue weighted by molar-refractivity contribution is -0.116. The number of carbonyl (C=O) groups excluding carboxylic acids is 2. The topological polar surface area (TPSA) is 73.5 Å². The molecule has 2 heterocycles. The van der Waals surface area contributed by atoms with Gasteiger partial charge in [0.15, 0.2) is 0 Å². The molecule has 2 aliphatic rings.